The van der Waals surface area contributed by atoms with Crippen LogP contribution in [0.25, 0.3) is 0 Å². The Hall–Kier alpha value is -0.410. The van der Waals surface area contributed by atoms with Crippen LogP contribution in [0.2, 0.25) is 0 Å². The van der Waals surface area contributed by atoms with Crippen molar-refractivity contribution in [2.75, 3.05) is 32.8 Å². The SMILES string of the molecule is CC[N+](CC)(CC)CCO.O=C([O-])CCC(=O)[O-].[I-]. The third kappa shape index (κ3) is 13.8. The van der Waals surface area contributed by atoms with E-state index in [1.54, 1.807) is 0 Å². The van der Waals surface area contributed by atoms with Gasteiger partial charge in [-0.25, -0.2) is 0 Å². The summed E-state index contributed by atoms with van der Waals surface area (Å²) in [7, 11) is 0. The molecule has 0 rings (SSSR count). The van der Waals surface area contributed by atoms with Crippen LogP contribution in [0.4, 0.5) is 0 Å². The molecule has 0 aliphatic heterocycles. The zero-order valence-electron chi connectivity index (χ0n) is 11.9. The minimum absolute atomic E-state index is 0. The first-order valence-electron chi connectivity index (χ1n) is 6.23. The number of carbonyl (C=O) groups excluding carboxylic acids is 2. The molecule has 0 heterocycles. The first-order chi connectivity index (χ1) is 8.37. The quantitative estimate of drug-likeness (QED) is 0.332. The van der Waals surface area contributed by atoms with Crippen molar-refractivity contribution in [2.24, 2.45) is 0 Å². The van der Waals surface area contributed by atoms with E-state index < -0.39 is 24.8 Å². The lowest BCUT2D eigenvalue weighted by Crippen LogP contribution is -3.00. The summed E-state index contributed by atoms with van der Waals surface area (Å²) in [5.74, 6) is -2.73. The van der Waals surface area contributed by atoms with E-state index in [9.17, 15) is 19.8 Å². The molecule has 6 nitrogen and oxygen atoms in total. The lowest BCUT2D eigenvalue weighted by molar-refractivity contribution is -0.923. The van der Waals surface area contributed by atoms with Crippen molar-refractivity contribution in [2.45, 2.75) is 33.6 Å². The molecule has 116 valence electrons. The van der Waals surface area contributed by atoms with Gasteiger partial charge < -0.3 is 53.4 Å². The number of carboxylic acid groups (broad SMARTS) is 2. The van der Waals surface area contributed by atoms with Crippen LogP contribution >= 0.6 is 0 Å². The van der Waals surface area contributed by atoms with Gasteiger partial charge in [0, 0.05) is 11.9 Å². The Morgan fingerprint density at radius 3 is 1.37 bits per heavy atom. The third-order valence-corrected chi connectivity index (χ3v) is 3.12. The lowest BCUT2D eigenvalue weighted by atomic mass is 10.3. The number of rotatable bonds is 8. The van der Waals surface area contributed by atoms with Crippen molar-refractivity contribution in [1.29, 1.82) is 0 Å². The molecule has 1 N–H and O–H groups in total. The number of nitrogens with zero attached hydrogens (tertiary/aromatic N) is 1. The van der Waals surface area contributed by atoms with Gasteiger partial charge in [-0.3, -0.25) is 0 Å². The van der Waals surface area contributed by atoms with Crippen LogP contribution in [0.3, 0.4) is 0 Å². The molecule has 0 aromatic heterocycles. The maximum Gasteiger partial charge on any atom is 0.102 e. The number of carboxylic acids is 2. The topological polar surface area (TPSA) is 100 Å². The molecule has 0 aliphatic carbocycles. The van der Waals surface area contributed by atoms with Crippen molar-refractivity contribution < 1.29 is 53.4 Å². The van der Waals surface area contributed by atoms with Crippen molar-refractivity contribution in [3.63, 3.8) is 0 Å². The Morgan fingerprint density at radius 1 is 0.947 bits per heavy atom. The van der Waals surface area contributed by atoms with E-state index >= 15 is 0 Å². The van der Waals surface area contributed by atoms with E-state index in [4.69, 9.17) is 5.11 Å². The highest BCUT2D eigenvalue weighted by Gasteiger charge is 2.18. The Morgan fingerprint density at radius 2 is 1.26 bits per heavy atom. The van der Waals surface area contributed by atoms with Gasteiger partial charge in [0.25, 0.3) is 0 Å². The van der Waals surface area contributed by atoms with Gasteiger partial charge in [-0.1, -0.05) is 0 Å². The fourth-order valence-corrected chi connectivity index (χ4v) is 1.56. The minimum atomic E-state index is -1.37. The summed E-state index contributed by atoms with van der Waals surface area (Å²) in [6.07, 6.45) is -0.940. The summed E-state index contributed by atoms with van der Waals surface area (Å²) in [6.45, 7) is 11.2. The van der Waals surface area contributed by atoms with Gasteiger partial charge in [0.05, 0.1) is 26.2 Å². The maximum absolute atomic E-state index is 9.50. The highest BCUT2D eigenvalue weighted by molar-refractivity contribution is 5.72. The van der Waals surface area contributed by atoms with Crippen LogP contribution in [0.15, 0.2) is 0 Å². The predicted molar refractivity (Wildman–Crippen MR) is 63.1 cm³/mol. The number of aliphatic hydroxyl groups excluding tert-OH is 1. The highest BCUT2D eigenvalue weighted by Crippen LogP contribution is 2.03. The molecule has 0 aliphatic rings. The standard InChI is InChI=1S/C8H20NO.C4H6O4.HI/c1-4-9(5-2,6-3)7-8-10;5-3(6)1-2-4(7)8;/h10H,4-8H2,1-3H3;1-2H2,(H,5,6)(H,7,8);1H/q+1;;/p-3. The first kappa shape index (κ1) is 23.7. The summed E-state index contributed by atoms with van der Waals surface area (Å²) in [6, 6.07) is 0. The summed E-state index contributed by atoms with van der Waals surface area (Å²) in [5, 5.41) is 27.8. The molecule has 19 heavy (non-hydrogen) atoms. The van der Waals surface area contributed by atoms with Gasteiger partial charge in [-0.2, -0.15) is 0 Å². The van der Waals surface area contributed by atoms with E-state index in [1.165, 1.54) is 0 Å². The molecule has 0 aromatic rings. The van der Waals surface area contributed by atoms with Gasteiger partial charge in [0.1, 0.15) is 6.54 Å². The molecule has 0 atom stereocenters. The number of aliphatic hydroxyl groups is 1. The van der Waals surface area contributed by atoms with E-state index in [0.29, 0.717) is 6.61 Å². The van der Waals surface area contributed by atoms with Crippen LogP contribution in [-0.4, -0.2) is 54.3 Å². The fraction of sp³-hybridized carbons (Fsp3) is 0.833. The second kappa shape index (κ2) is 14.0. The molecule has 0 amide bonds. The molecular weight excluding hydrogens is 365 g/mol. The van der Waals surface area contributed by atoms with Crippen LogP contribution in [0.5, 0.6) is 0 Å². The van der Waals surface area contributed by atoms with Gasteiger partial charge in [0.2, 0.25) is 0 Å². The average Bonchev–Trinajstić information content (AvgIpc) is 2.34. The first-order valence-corrected chi connectivity index (χ1v) is 6.23. The largest absolute Gasteiger partial charge is 1.00 e. The number of hydrogen-bond donors (Lipinski definition) is 1. The van der Waals surface area contributed by atoms with Gasteiger partial charge in [-0.05, 0) is 33.6 Å². The van der Waals surface area contributed by atoms with Crippen LogP contribution in [0, 0.1) is 0 Å². The number of halogens is 1. The molecule has 0 fully saturated rings. The van der Waals surface area contributed by atoms with E-state index in [0.717, 1.165) is 30.7 Å². The average molecular weight is 389 g/mol. The summed E-state index contributed by atoms with van der Waals surface area (Å²) in [5.41, 5.74) is 0. The van der Waals surface area contributed by atoms with Crippen LogP contribution < -0.4 is 34.2 Å². The number of aliphatic carboxylic acids is 2. The zero-order chi connectivity index (χ0) is 14.6. The minimum Gasteiger partial charge on any atom is -1.00 e. The monoisotopic (exact) mass is 389 g/mol. The molecule has 0 radical (unpaired) electrons. The Balaban J connectivity index is -0.000000262. The van der Waals surface area contributed by atoms with Crippen molar-refractivity contribution in [1.82, 2.24) is 0 Å². The normalized spacial score (nSPS) is 9.89. The molecule has 0 bridgehead atoms. The van der Waals surface area contributed by atoms with Gasteiger partial charge >= 0.3 is 0 Å². The Kier molecular flexibility index (Phi) is 17.4. The number of hydrogen-bond acceptors (Lipinski definition) is 5. The molecule has 0 saturated heterocycles. The fourth-order valence-electron chi connectivity index (χ4n) is 1.56. The van der Waals surface area contributed by atoms with Crippen LogP contribution in [0.1, 0.15) is 33.6 Å². The molecule has 0 unspecified atom stereocenters. The molecule has 0 aromatic carbocycles. The van der Waals surface area contributed by atoms with Crippen molar-refractivity contribution >= 4 is 11.9 Å². The van der Waals surface area contributed by atoms with Crippen LogP contribution in [-0.2, 0) is 9.59 Å². The Bertz CT molecular complexity index is 222. The zero-order valence-corrected chi connectivity index (χ0v) is 14.0. The second-order valence-electron chi connectivity index (χ2n) is 3.98. The van der Waals surface area contributed by atoms with Gasteiger partial charge in [-0.15, -0.1) is 0 Å². The smallest absolute Gasteiger partial charge is 0.102 e. The second-order valence-corrected chi connectivity index (χ2v) is 3.98. The Labute approximate surface area is 132 Å². The number of carbonyl (C=O) groups is 2. The van der Waals surface area contributed by atoms with Crippen molar-refractivity contribution in [3.05, 3.63) is 0 Å². The summed E-state index contributed by atoms with van der Waals surface area (Å²) in [4.78, 5) is 19.0. The van der Waals surface area contributed by atoms with E-state index in [1.807, 2.05) is 0 Å². The predicted octanol–water partition coefficient (Wildman–Crippen LogP) is -4.87. The molecular formula is C12H24INO5-2. The highest BCUT2D eigenvalue weighted by atomic mass is 127. The lowest BCUT2D eigenvalue weighted by Gasteiger charge is -2.34. The molecule has 7 heteroatoms. The molecule has 0 saturated carbocycles. The summed E-state index contributed by atoms with van der Waals surface area (Å²) < 4.78 is 1.05. The molecule has 0 spiro atoms. The number of quaternary nitrogens is 1. The van der Waals surface area contributed by atoms with E-state index in [-0.39, 0.29) is 24.0 Å². The van der Waals surface area contributed by atoms with Crippen molar-refractivity contribution in [3.8, 4) is 0 Å². The summed E-state index contributed by atoms with van der Waals surface area (Å²) >= 11 is 0. The third-order valence-electron chi connectivity index (χ3n) is 3.12. The maximum atomic E-state index is 9.50. The number of likely N-dealkylation sites (N-methyl/N-ethyl adjacent to an activating group) is 1. The van der Waals surface area contributed by atoms with Gasteiger partial charge in [0.15, 0.2) is 0 Å². The van der Waals surface area contributed by atoms with E-state index in [2.05, 4.69) is 20.8 Å².